The number of phenols is 1. The zero-order valence-corrected chi connectivity index (χ0v) is 11.7. The Morgan fingerprint density at radius 1 is 1.20 bits per heavy atom. The van der Waals surface area contributed by atoms with Crippen LogP contribution in [0.4, 0.5) is 4.39 Å². The molecule has 0 aromatic heterocycles. The van der Waals surface area contributed by atoms with E-state index in [1.807, 2.05) is 0 Å². The fraction of sp³-hybridized carbons (Fsp3) is 0.600. The summed E-state index contributed by atoms with van der Waals surface area (Å²) >= 11 is 0. The summed E-state index contributed by atoms with van der Waals surface area (Å²) in [5.41, 5.74) is 0.850. The van der Waals surface area contributed by atoms with Crippen molar-refractivity contribution in [3.63, 3.8) is 0 Å². The number of nitrogens with one attached hydrogen (secondary N) is 1. The maximum atomic E-state index is 13.3. The second-order valence-corrected chi connectivity index (χ2v) is 5.78. The van der Waals surface area contributed by atoms with Crippen LogP contribution in [-0.4, -0.2) is 60.2 Å². The summed E-state index contributed by atoms with van der Waals surface area (Å²) in [5.74, 6) is -0.351. The number of aromatic hydroxyl groups is 1. The van der Waals surface area contributed by atoms with E-state index in [0.717, 1.165) is 50.9 Å². The summed E-state index contributed by atoms with van der Waals surface area (Å²) < 4.78 is 13.3. The van der Waals surface area contributed by atoms with Crippen molar-refractivity contribution >= 4 is 0 Å². The first-order chi connectivity index (χ1) is 9.70. The molecule has 110 valence electrons. The first-order valence-electron chi connectivity index (χ1n) is 7.36. The van der Waals surface area contributed by atoms with Gasteiger partial charge in [-0.2, -0.15) is 0 Å². The topological polar surface area (TPSA) is 38.7 Å². The Kier molecular flexibility index (Phi) is 4.19. The smallest absolute Gasteiger partial charge is 0.127 e. The van der Waals surface area contributed by atoms with Gasteiger partial charge in [0.25, 0.3) is 0 Å². The van der Waals surface area contributed by atoms with Crippen molar-refractivity contribution < 1.29 is 9.50 Å². The number of hydrogen-bond acceptors (Lipinski definition) is 4. The SMILES string of the molecule is Oc1cc(F)cc(CN2CCC(N3CCNCC3)C2)c1. The minimum Gasteiger partial charge on any atom is -0.508 e. The van der Waals surface area contributed by atoms with E-state index in [2.05, 4.69) is 15.1 Å². The van der Waals surface area contributed by atoms with Crippen LogP contribution in [0.5, 0.6) is 5.75 Å². The number of nitrogens with zero attached hydrogens (tertiary/aromatic N) is 2. The largest absolute Gasteiger partial charge is 0.508 e. The van der Waals surface area contributed by atoms with Crippen LogP contribution in [0.3, 0.4) is 0 Å². The van der Waals surface area contributed by atoms with E-state index in [4.69, 9.17) is 0 Å². The van der Waals surface area contributed by atoms with Gasteiger partial charge in [-0.3, -0.25) is 9.80 Å². The van der Waals surface area contributed by atoms with Crippen molar-refractivity contribution in [1.29, 1.82) is 0 Å². The van der Waals surface area contributed by atoms with Gasteiger partial charge in [0, 0.05) is 57.9 Å². The third kappa shape index (κ3) is 3.29. The highest BCUT2D eigenvalue weighted by molar-refractivity contribution is 5.28. The van der Waals surface area contributed by atoms with Crippen LogP contribution in [0.1, 0.15) is 12.0 Å². The number of piperazine rings is 1. The van der Waals surface area contributed by atoms with Crippen molar-refractivity contribution in [3.05, 3.63) is 29.6 Å². The Labute approximate surface area is 119 Å². The highest BCUT2D eigenvalue weighted by atomic mass is 19.1. The number of phenolic OH excluding ortho intramolecular Hbond substituents is 1. The molecule has 0 amide bonds. The standard InChI is InChI=1S/C15H22FN3O/c16-13-7-12(8-15(20)9-13)10-18-4-1-14(11-18)19-5-2-17-3-6-19/h7-9,14,17,20H,1-6,10-11H2. The number of benzene rings is 1. The molecule has 20 heavy (non-hydrogen) atoms. The minimum atomic E-state index is -0.363. The van der Waals surface area contributed by atoms with Crippen LogP contribution in [-0.2, 0) is 6.54 Å². The normalized spacial score (nSPS) is 25.1. The van der Waals surface area contributed by atoms with Gasteiger partial charge >= 0.3 is 0 Å². The molecule has 2 aliphatic heterocycles. The van der Waals surface area contributed by atoms with Gasteiger partial charge in [-0.15, -0.1) is 0 Å². The fourth-order valence-corrected chi connectivity index (χ4v) is 3.28. The molecule has 3 rings (SSSR count). The molecule has 2 fully saturated rings. The molecule has 1 aromatic rings. The van der Waals surface area contributed by atoms with Crippen LogP contribution in [0, 0.1) is 5.82 Å². The first kappa shape index (κ1) is 13.8. The minimum absolute atomic E-state index is 0.0119. The summed E-state index contributed by atoms with van der Waals surface area (Å²) in [4.78, 5) is 4.90. The Bertz CT molecular complexity index is 442. The Morgan fingerprint density at radius 3 is 2.75 bits per heavy atom. The third-order valence-electron chi connectivity index (χ3n) is 4.26. The number of halogens is 1. The van der Waals surface area contributed by atoms with Gasteiger partial charge in [0.2, 0.25) is 0 Å². The molecule has 0 spiro atoms. The van der Waals surface area contributed by atoms with Gasteiger partial charge in [-0.05, 0) is 24.1 Å². The Morgan fingerprint density at radius 2 is 2.00 bits per heavy atom. The molecule has 0 bridgehead atoms. The quantitative estimate of drug-likeness (QED) is 0.866. The molecule has 4 nitrogen and oxygen atoms in total. The number of likely N-dealkylation sites (tertiary alicyclic amines) is 1. The molecule has 1 unspecified atom stereocenters. The molecule has 0 saturated carbocycles. The molecule has 0 aliphatic carbocycles. The van der Waals surface area contributed by atoms with E-state index in [9.17, 15) is 9.50 Å². The van der Waals surface area contributed by atoms with Crippen molar-refractivity contribution in [1.82, 2.24) is 15.1 Å². The molecule has 5 heteroatoms. The second-order valence-electron chi connectivity index (χ2n) is 5.78. The van der Waals surface area contributed by atoms with Gasteiger partial charge in [0.15, 0.2) is 0 Å². The van der Waals surface area contributed by atoms with E-state index in [0.29, 0.717) is 12.6 Å². The lowest BCUT2D eigenvalue weighted by Gasteiger charge is -2.32. The lowest BCUT2D eigenvalue weighted by molar-refractivity contribution is 0.170. The highest BCUT2D eigenvalue weighted by Gasteiger charge is 2.28. The number of rotatable bonds is 3. The molecule has 1 atom stereocenters. The highest BCUT2D eigenvalue weighted by Crippen LogP contribution is 2.21. The van der Waals surface area contributed by atoms with E-state index in [-0.39, 0.29) is 11.6 Å². The third-order valence-corrected chi connectivity index (χ3v) is 4.26. The van der Waals surface area contributed by atoms with Crippen molar-refractivity contribution in [2.45, 2.75) is 19.0 Å². The number of hydrogen-bond donors (Lipinski definition) is 2. The molecule has 1 aromatic carbocycles. The predicted octanol–water partition coefficient (Wildman–Crippen LogP) is 1.01. The molecule has 2 heterocycles. The van der Waals surface area contributed by atoms with Crippen LogP contribution >= 0.6 is 0 Å². The lowest BCUT2D eigenvalue weighted by Crippen LogP contribution is -2.49. The van der Waals surface area contributed by atoms with E-state index >= 15 is 0 Å². The average molecular weight is 279 g/mol. The average Bonchev–Trinajstić information content (AvgIpc) is 2.87. The van der Waals surface area contributed by atoms with E-state index in [1.165, 1.54) is 12.5 Å². The Hall–Kier alpha value is -1.17. The zero-order valence-electron chi connectivity index (χ0n) is 11.7. The van der Waals surface area contributed by atoms with Crippen LogP contribution in [0.25, 0.3) is 0 Å². The van der Waals surface area contributed by atoms with Crippen molar-refractivity contribution in [2.24, 2.45) is 0 Å². The van der Waals surface area contributed by atoms with Gasteiger partial charge in [0.1, 0.15) is 11.6 Å². The van der Waals surface area contributed by atoms with Gasteiger partial charge in [0.05, 0.1) is 0 Å². The van der Waals surface area contributed by atoms with E-state index < -0.39 is 0 Å². The molecule has 2 N–H and O–H groups in total. The van der Waals surface area contributed by atoms with Gasteiger partial charge < -0.3 is 10.4 Å². The predicted molar refractivity (Wildman–Crippen MR) is 76.2 cm³/mol. The lowest BCUT2D eigenvalue weighted by atomic mass is 10.2. The fourth-order valence-electron chi connectivity index (χ4n) is 3.28. The first-order valence-corrected chi connectivity index (χ1v) is 7.36. The van der Waals surface area contributed by atoms with Crippen LogP contribution in [0.2, 0.25) is 0 Å². The maximum Gasteiger partial charge on any atom is 0.127 e. The zero-order chi connectivity index (χ0) is 13.9. The van der Waals surface area contributed by atoms with Crippen LogP contribution < -0.4 is 5.32 Å². The summed E-state index contributed by atoms with van der Waals surface area (Å²) in [6.45, 7) is 7.21. The van der Waals surface area contributed by atoms with Crippen LogP contribution in [0.15, 0.2) is 18.2 Å². The molecular weight excluding hydrogens is 257 g/mol. The summed E-state index contributed by atoms with van der Waals surface area (Å²) in [6, 6.07) is 4.94. The monoisotopic (exact) mass is 279 g/mol. The summed E-state index contributed by atoms with van der Waals surface area (Å²) in [5, 5.41) is 12.8. The van der Waals surface area contributed by atoms with Gasteiger partial charge in [-0.25, -0.2) is 4.39 Å². The van der Waals surface area contributed by atoms with Crippen molar-refractivity contribution in [2.75, 3.05) is 39.3 Å². The van der Waals surface area contributed by atoms with E-state index in [1.54, 1.807) is 6.07 Å². The maximum absolute atomic E-state index is 13.3. The molecular formula is C15H22FN3O. The second kappa shape index (κ2) is 6.08. The van der Waals surface area contributed by atoms with Crippen molar-refractivity contribution in [3.8, 4) is 5.75 Å². The molecule has 2 aliphatic rings. The molecule has 0 radical (unpaired) electrons. The Balaban J connectivity index is 1.57. The molecule has 2 saturated heterocycles. The summed E-state index contributed by atoms with van der Waals surface area (Å²) in [7, 11) is 0. The van der Waals surface area contributed by atoms with Gasteiger partial charge in [-0.1, -0.05) is 0 Å². The summed E-state index contributed by atoms with van der Waals surface area (Å²) in [6.07, 6.45) is 1.18.